The highest BCUT2D eigenvalue weighted by atomic mass is 16.3. The zero-order valence-electron chi connectivity index (χ0n) is 12.6. The lowest BCUT2D eigenvalue weighted by Crippen LogP contribution is -2.46. The van der Waals surface area contributed by atoms with Crippen LogP contribution in [0.1, 0.15) is 46.0 Å². The van der Waals surface area contributed by atoms with Gasteiger partial charge < -0.3 is 15.7 Å². The largest absolute Gasteiger partial charge is 0.396 e. The number of nitrogens with one attached hydrogen (secondary N) is 2. The van der Waals surface area contributed by atoms with Crippen LogP contribution in [0.4, 0.5) is 4.79 Å². The predicted molar refractivity (Wildman–Crippen MR) is 80.4 cm³/mol. The Morgan fingerprint density at radius 2 is 1.90 bits per heavy atom. The summed E-state index contributed by atoms with van der Waals surface area (Å²) in [5.41, 5.74) is 0. The van der Waals surface area contributed by atoms with Crippen molar-refractivity contribution in [3.63, 3.8) is 0 Å². The Bertz CT molecular complexity index is 346. The SMILES string of the molecule is CC(C)C1CCC(NC(=O)N[C@@H]2C=C[C@H](CO)C2)CC1. The highest BCUT2D eigenvalue weighted by Gasteiger charge is 2.25. The molecule has 4 nitrogen and oxygen atoms in total. The average Bonchev–Trinajstić information content (AvgIpc) is 2.86. The molecule has 0 heterocycles. The summed E-state index contributed by atoms with van der Waals surface area (Å²) in [5.74, 6) is 1.77. The van der Waals surface area contributed by atoms with Crippen LogP contribution in [0.3, 0.4) is 0 Å². The zero-order valence-corrected chi connectivity index (χ0v) is 12.6. The summed E-state index contributed by atoms with van der Waals surface area (Å²) in [6.07, 6.45) is 9.40. The maximum atomic E-state index is 12.0. The van der Waals surface area contributed by atoms with E-state index >= 15 is 0 Å². The minimum Gasteiger partial charge on any atom is -0.396 e. The fourth-order valence-electron chi connectivity index (χ4n) is 3.34. The van der Waals surface area contributed by atoms with E-state index in [9.17, 15) is 4.79 Å². The molecule has 2 rings (SSSR count). The molecule has 0 spiro atoms. The number of hydrogen-bond donors (Lipinski definition) is 3. The van der Waals surface area contributed by atoms with Gasteiger partial charge in [0, 0.05) is 24.6 Å². The second-order valence-corrected chi connectivity index (χ2v) is 6.64. The lowest BCUT2D eigenvalue weighted by Gasteiger charge is -2.31. The van der Waals surface area contributed by atoms with Crippen molar-refractivity contribution >= 4 is 6.03 Å². The van der Waals surface area contributed by atoms with Crippen LogP contribution in [0.25, 0.3) is 0 Å². The Balaban J connectivity index is 1.67. The van der Waals surface area contributed by atoms with Crippen LogP contribution in [0, 0.1) is 17.8 Å². The molecule has 0 radical (unpaired) electrons. The smallest absolute Gasteiger partial charge is 0.315 e. The van der Waals surface area contributed by atoms with Crippen molar-refractivity contribution in [1.29, 1.82) is 0 Å². The van der Waals surface area contributed by atoms with Crippen molar-refractivity contribution in [1.82, 2.24) is 10.6 Å². The third-order valence-corrected chi connectivity index (χ3v) is 4.77. The van der Waals surface area contributed by atoms with Gasteiger partial charge in [0.1, 0.15) is 0 Å². The van der Waals surface area contributed by atoms with Crippen molar-refractivity contribution < 1.29 is 9.90 Å². The molecule has 0 aliphatic heterocycles. The molecule has 0 saturated heterocycles. The molecule has 0 unspecified atom stereocenters. The fraction of sp³-hybridized carbons (Fsp3) is 0.812. The lowest BCUT2D eigenvalue weighted by molar-refractivity contribution is 0.212. The van der Waals surface area contributed by atoms with E-state index in [-0.39, 0.29) is 24.6 Å². The molecule has 0 aromatic carbocycles. The van der Waals surface area contributed by atoms with E-state index in [0.29, 0.717) is 6.04 Å². The second kappa shape index (κ2) is 7.11. The highest BCUT2D eigenvalue weighted by Crippen LogP contribution is 2.29. The minimum atomic E-state index is -0.0637. The van der Waals surface area contributed by atoms with E-state index in [0.717, 1.165) is 31.1 Å². The van der Waals surface area contributed by atoms with Gasteiger partial charge in [-0.15, -0.1) is 0 Å². The first-order chi connectivity index (χ1) is 9.58. The standard InChI is InChI=1S/C16H28N2O2/c1-11(2)13-4-7-14(8-5-13)17-16(20)18-15-6-3-12(9-15)10-19/h3,6,11-15,19H,4-5,7-10H2,1-2H3,(H2,17,18,20)/t12-,13?,14?,15+/m0/s1. The lowest BCUT2D eigenvalue weighted by atomic mass is 9.80. The van der Waals surface area contributed by atoms with Crippen LogP contribution in [-0.4, -0.2) is 29.8 Å². The molecular weight excluding hydrogens is 252 g/mol. The van der Waals surface area contributed by atoms with Crippen LogP contribution in [0.2, 0.25) is 0 Å². The summed E-state index contributed by atoms with van der Waals surface area (Å²) in [6.45, 7) is 4.74. The van der Waals surface area contributed by atoms with E-state index in [1.807, 2.05) is 12.2 Å². The molecule has 1 saturated carbocycles. The van der Waals surface area contributed by atoms with Gasteiger partial charge in [-0.05, 0) is 43.9 Å². The topological polar surface area (TPSA) is 61.4 Å². The normalized spacial score (nSPS) is 33.4. The maximum Gasteiger partial charge on any atom is 0.315 e. The summed E-state index contributed by atoms with van der Waals surface area (Å²) in [4.78, 5) is 12.0. The van der Waals surface area contributed by atoms with Crippen molar-refractivity contribution in [2.24, 2.45) is 17.8 Å². The molecule has 2 amide bonds. The number of amides is 2. The molecule has 2 atom stereocenters. The van der Waals surface area contributed by atoms with E-state index in [2.05, 4.69) is 24.5 Å². The Hall–Kier alpha value is -1.03. The quantitative estimate of drug-likeness (QED) is 0.693. The minimum absolute atomic E-state index is 0.0637. The molecular formula is C16H28N2O2. The second-order valence-electron chi connectivity index (χ2n) is 6.64. The summed E-state index contributed by atoms with van der Waals surface area (Å²) in [6, 6.07) is 0.328. The first-order valence-corrected chi connectivity index (χ1v) is 7.94. The number of rotatable bonds is 4. The van der Waals surface area contributed by atoms with Gasteiger partial charge in [0.15, 0.2) is 0 Å². The zero-order chi connectivity index (χ0) is 14.5. The fourth-order valence-corrected chi connectivity index (χ4v) is 3.34. The van der Waals surface area contributed by atoms with Gasteiger partial charge in [-0.3, -0.25) is 0 Å². The Labute approximate surface area is 122 Å². The summed E-state index contributed by atoms with van der Waals surface area (Å²) in [7, 11) is 0. The van der Waals surface area contributed by atoms with Crippen LogP contribution >= 0.6 is 0 Å². The molecule has 1 fully saturated rings. The third kappa shape index (κ3) is 4.23. The van der Waals surface area contributed by atoms with Gasteiger partial charge in [-0.2, -0.15) is 0 Å². The average molecular weight is 280 g/mol. The first-order valence-electron chi connectivity index (χ1n) is 7.94. The Morgan fingerprint density at radius 1 is 1.20 bits per heavy atom. The van der Waals surface area contributed by atoms with E-state index in [1.54, 1.807) is 0 Å². The monoisotopic (exact) mass is 280 g/mol. The predicted octanol–water partition coefficient (Wildman–Crippen LogP) is 2.44. The van der Waals surface area contributed by atoms with Crippen molar-refractivity contribution in [2.45, 2.75) is 58.0 Å². The number of hydrogen-bond acceptors (Lipinski definition) is 2. The number of aliphatic hydroxyl groups is 1. The molecule has 2 aliphatic carbocycles. The van der Waals surface area contributed by atoms with Crippen LogP contribution < -0.4 is 10.6 Å². The molecule has 114 valence electrons. The molecule has 0 aromatic heterocycles. The highest BCUT2D eigenvalue weighted by molar-refractivity contribution is 5.74. The maximum absolute atomic E-state index is 12.0. The number of urea groups is 1. The van der Waals surface area contributed by atoms with Crippen LogP contribution in [0.15, 0.2) is 12.2 Å². The summed E-state index contributed by atoms with van der Waals surface area (Å²) in [5, 5.41) is 15.1. The number of carbonyl (C=O) groups is 1. The van der Waals surface area contributed by atoms with Gasteiger partial charge in [-0.1, -0.05) is 26.0 Å². The molecule has 3 N–H and O–H groups in total. The molecule has 20 heavy (non-hydrogen) atoms. The number of carbonyl (C=O) groups excluding carboxylic acids is 1. The molecule has 0 aromatic rings. The first kappa shape index (κ1) is 15.4. The Morgan fingerprint density at radius 3 is 2.45 bits per heavy atom. The Kier molecular flexibility index (Phi) is 5.46. The van der Waals surface area contributed by atoms with Gasteiger partial charge >= 0.3 is 6.03 Å². The van der Waals surface area contributed by atoms with Crippen molar-refractivity contribution in [2.75, 3.05) is 6.61 Å². The van der Waals surface area contributed by atoms with Gasteiger partial charge in [-0.25, -0.2) is 4.79 Å². The van der Waals surface area contributed by atoms with Gasteiger partial charge in [0.25, 0.3) is 0 Å². The van der Waals surface area contributed by atoms with E-state index in [4.69, 9.17) is 5.11 Å². The van der Waals surface area contributed by atoms with E-state index in [1.165, 1.54) is 12.8 Å². The number of aliphatic hydroxyl groups excluding tert-OH is 1. The van der Waals surface area contributed by atoms with Gasteiger partial charge in [0.05, 0.1) is 0 Å². The van der Waals surface area contributed by atoms with Crippen molar-refractivity contribution in [3.8, 4) is 0 Å². The van der Waals surface area contributed by atoms with Crippen LogP contribution in [-0.2, 0) is 0 Å². The molecule has 0 bridgehead atoms. The molecule has 2 aliphatic rings. The van der Waals surface area contributed by atoms with Crippen molar-refractivity contribution in [3.05, 3.63) is 12.2 Å². The van der Waals surface area contributed by atoms with Gasteiger partial charge in [0.2, 0.25) is 0 Å². The molecule has 4 heteroatoms. The summed E-state index contributed by atoms with van der Waals surface area (Å²) < 4.78 is 0. The summed E-state index contributed by atoms with van der Waals surface area (Å²) >= 11 is 0. The third-order valence-electron chi connectivity index (χ3n) is 4.77. The van der Waals surface area contributed by atoms with E-state index < -0.39 is 0 Å². The van der Waals surface area contributed by atoms with Crippen LogP contribution in [0.5, 0.6) is 0 Å².